The first-order valence-electron chi connectivity index (χ1n) is 10.6. The van der Waals surface area contributed by atoms with Gasteiger partial charge in [-0.1, -0.05) is 73.1 Å². The average molecular weight is 371 g/mol. The summed E-state index contributed by atoms with van der Waals surface area (Å²) in [4.78, 5) is 23.6. The van der Waals surface area contributed by atoms with Crippen LogP contribution >= 0.6 is 0 Å². The molecule has 1 unspecified atom stereocenters. The van der Waals surface area contributed by atoms with Crippen LogP contribution in [0.2, 0.25) is 0 Å². The number of carbonyl (C=O) groups is 2. The van der Waals surface area contributed by atoms with Crippen molar-refractivity contribution in [3.63, 3.8) is 0 Å². The molecule has 0 radical (unpaired) electrons. The van der Waals surface area contributed by atoms with Crippen molar-refractivity contribution < 1.29 is 19.1 Å². The van der Waals surface area contributed by atoms with Crippen molar-refractivity contribution in [2.24, 2.45) is 17.8 Å². The molecule has 0 spiro atoms. The fraction of sp³-hybridized carbons (Fsp3) is 0.909. The molecule has 0 aromatic rings. The number of hydrogen-bond acceptors (Lipinski definition) is 4. The first kappa shape index (κ1) is 24.9. The molecule has 4 nitrogen and oxygen atoms in total. The number of esters is 2. The summed E-state index contributed by atoms with van der Waals surface area (Å²) in [6.07, 6.45) is 9.67. The number of ether oxygens (including phenoxy) is 2. The normalized spacial score (nSPS) is 12.4. The molecule has 0 saturated carbocycles. The molecule has 154 valence electrons. The molecule has 4 heteroatoms. The predicted molar refractivity (Wildman–Crippen MR) is 107 cm³/mol. The predicted octanol–water partition coefficient (Wildman–Crippen LogP) is 5.92. The van der Waals surface area contributed by atoms with E-state index in [0.29, 0.717) is 19.6 Å². The quantitative estimate of drug-likeness (QED) is 0.250. The summed E-state index contributed by atoms with van der Waals surface area (Å²) >= 11 is 0. The average Bonchev–Trinajstić information content (AvgIpc) is 2.58. The summed E-state index contributed by atoms with van der Waals surface area (Å²) in [5.74, 6) is 0.818. The first-order valence-corrected chi connectivity index (χ1v) is 10.6. The fourth-order valence-corrected chi connectivity index (χ4v) is 2.69. The van der Waals surface area contributed by atoms with E-state index in [9.17, 15) is 9.59 Å². The maximum Gasteiger partial charge on any atom is 0.308 e. The van der Waals surface area contributed by atoms with Crippen molar-refractivity contribution in [1.29, 1.82) is 0 Å². The van der Waals surface area contributed by atoms with Gasteiger partial charge in [-0.15, -0.1) is 0 Å². The summed E-state index contributed by atoms with van der Waals surface area (Å²) in [5, 5.41) is 0. The molecule has 0 saturated heterocycles. The Hall–Kier alpha value is -1.06. The van der Waals surface area contributed by atoms with Gasteiger partial charge in [0, 0.05) is 6.42 Å². The third-order valence-corrected chi connectivity index (χ3v) is 4.54. The van der Waals surface area contributed by atoms with Gasteiger partial charge in [-0.25, -0.2) is 0 Å². The monoisotopic (exact) mass is 370 g/mol. The Labute approximate surface area is 161 Å². The van der Waals surface area contributed by atoms with Crippen LogP contribution in [-0.4, -0.2) is 25.2 Å². The lowest BCUT2D eigenvalue weighted by Crippen LogP contribution is -2.17. The van der Waals surface area contributed by atoms with Crippen LogP contribution in [0.15, 0.2) is 0 Å². The zero-order valence-corrected chi connectivity index (χ0v) is 17.9. The van der Waals surface area contributed by atoms with E-state index in [2.05, 4.69) is 27.7 Å². The van der Waals surface area contributed by atoms with E-state index >= 15 is 0 Å². The van der Waals surface area contributed by atoms with E-state index in [1.807, 2.05) is 6.92 Å². The van der Waals surface area contributed by atoms with Crippen LogP contribution in [0.25, 0.3) is 0 Å². The molecule has 26 heavy (non-hydrogen) atoms. The Balaban J connectivity index is 3.58. The largest absolute Gasteiger partial charge is 0.466 e. The minimum atomic E-state index is -0.246. The van der Waals surface area contributed by atoms with Crippen LogP contribution in [0.5, 0.6) is 0 Å². The van der Waals surface area contributed by atoms with Crippen LogP contribution in [0.4, 0.5) is 0 Å². The number of unbranched alkanes of at least 4 members (excludes halogenated alkanes) is 4. The van der Waals surface area contributed by atoms with Crippen molar-refractivity contribution in [3.05, 3.63) is 0 Å². The maximum absolute atomic E-state index is 11.9. The third kappa shape index (κ3) is 16.4. The molecular formula is C22H42O4. The Morgan fingerprint density at radius 1 is 0.654 bits per heavy atom. The smallest absolute Gasteiger partial charge is 0.308 e. The molecule has 0 fully saturated rings. The Morgan fingerprint density at radius 2 is 1.15 bits per heavy atom. The molecule has 0 aliphatic rings. The van der Waals surface area contributed by atoms with Crippen molar-refractivity contribution in [3.8, 4) is 0 Å². The highest BCUT2D eigenvalue weighted by molar-refractivity contribution is 5.74. The molecule has 0 aliphatic carbocycles. The molecule has 0 bridgehead atoms. The standard InChI is InChI=1S/C22H42O4/c1-18(2)12-8-6-10-16-25-21(23)15-14-20(5)22(24)26-17-11-7-9-13-19(3)4/h18-20H,6-17H2,1-5H3. The lowest BCUT2D eigenvalue weighted by molar-refractivity contribution is -0.149. The van der Waals surface area contributed by atoms with Crippen molar-refractivity contribution in [1.82, 2.24) is 0 Å². The minimum Gasteiger partial charge on any atom is -0.466 e. The summed E-state index contributed by atoms with van der Waals surface area (Å²) in [6.45, 7) is 11.7. The molecular weight excluding hydrogens is 328 g/mol. The summed E-state index contributed by atoms with van der Waals surface area (Å²) < 4.78 is 10.5. The molecule has 0 rings (SSSR count). The van der Waals surface area contributed by atoms with E-state index < -0.39 is 0 Å². The second-order valence-corrected chi connectivity index (χ2v) is 8.31. The first-order chi connectivity index (χ1) is 12.3. The van der Waals surface area contributed by atoms with Gasteiger partial charge in [-0.05, 0) is 31.1 Å². The molecule has 0 aromatic carbocycles. The van der Waals surface area contributed by atoms with Gasteiger partial charge in [0.1, 0.15) is 0 Å². The Bertz CT molecular complexity index is 363. The highest BCUT2D eigenvalue weighted by atomic mass is 16.5. The number of hydrogen-bond donors (Lipinski definition) is 0. The van der Waals surface area contributed by atoms with Gasteiger partial charge < -0.3 is 9.47 Å². The summed E-state index contributed by atoms with van der Waals surface area (Å²) in [5.41, 5.74) is 0. The van der Waals surface area contributed by atoms with Gasteiger partial charge in [0.15, 0.2) is 0 Å². The van der Waals surface area contributed by atoms with E-state index in [1.54, 1.807) is 0 Å². The third-order valence-electron chi connectivity index (χ3n) is 4.54. The van der Waals surface area contributed by atoms with Crippen molar-refractivity contribution >= 4 is 11.9 Å². The van der Waals surface area contributed by atoms with E-state index in [-0.39, 0.29) is 24.3 Å². The van der Waals surface area contributed by atoms with E-state index in [4.69, 9.17) is 9.47 Å². The van der Waals surface area contributed by atoms with Crippen molar-refractivity contribution in [2.45, 2.75) is 98.8 Å². The topological polar surface area (TPSA) is 52.6 Å². The molecule has 1 atom stereocenters. The zero-order valence-electron chi connectivity index (χ0n) is 17.9. The maximum atomic E-state index is 11.9. The molecule has 0 aromatic heterocycles. The molecule has 0 heterocycles. The van der Waals surface area contributed by atoms with Crippen LogP contribution in [0.3, 0.4) is 0 Å². The lowest BCUT2D eigenvalue weighted by atomic mass is 10.1. The second-order valence-electron chi connectivity index (χ2n) is 8.31. The highest BCUT2D eigenvalue weighted by Crippen LogP contribution is 2.12. The summed E-state index contributed by atoms with van der Waals surface area (Å²) in [7, 11) is 0. The molecule has 0 amide bonds. The van der Waals surface area contributed by atoms with Gasteiger partial charge >= 0.3 is 11.9 Å². The summed E-state index contributed by atoms with van der Waals surface area (Å²) in [6, 6.07) is 0. The van der Waals surface area contributed by atoms with Crippen LogP contribution in [0.1, 0.15) is 98.8 Å². The minimum absolute atomic E-state index is 0.199. The van der Waals surface area contributed by atoms with Crippen molar-refractivity contribution in [2.75, 3.05) is 13.2 Å². The van der Waals surface area contributed by atoms with Gasteiger partial charge in [0.25, 0.3) is 0 Å². The SMILES string of the molecule is CC(C)CCCCCOC(=O)CCC(C)C(=O)OCCCCCC(C)C. The fourth-order valence-electron chi connectivity index (χ4n) is 2.69. The highest BCUT2D eigenvalue weighted by Gasteiger charge is 2.16. The van der Waals surface area contributed by atoms with Gasteiger partial charge in [-0.3, -0.25) is 9.59 Å². The van der Waals surface area contributed by atoms with Crippen LogP contribution in [-0.2, 0) is 19.1 Å². The zero-order chi connectivity index (χ0) is 19.8. The lowest BCUT2D eigenvalue weighted by Gasteiger charge is -2.11. The Kier molecular flexibility index (Phi) is 15.5. The molecule has 0 N–H and O–H groups in total. The molecule has 0 aliphatic heterocycles. The van der Waals surface area contributed by atoms with E-state index in [1.165, 1.54) is 25.7 Å². The van der Waals surface area contributed by atoms with E-state index in [0.717, 1.165) is 37.5 Å². The van der Waals surface area contributed by atoms with Crippen LogP contribution < -0.4 is 0 Å². The second kappa shape index (κ2) is 16.1. The van der Waals surface area contributed by atoms with Gasteiger partial charge in [0.2, 0.25) is 0 Å². The van der Waals surface area contributed by atoms with Crippen LogP contribution in [0, 0.1) is 17.8 Å². The van der Waals surface area contributed by atoms with Gasteiger partial charge in [-0.2, -0.15) is 0 Å². The Morgan fingerprint density at radius 3 is 1.65 bits per heavy atom. The number of rotatable bonds is 16. The number of carbonyl (C=O) groups excluding carboxylic acids is 2. The van der Waals surface area contributed by atoms with Gasteiger partial charge in [0.05, 0.1) is 19.1 Å².